The molecule has 2 N–H and O–H groups in total. The Morgan fingerprint density at radius 2 is 2.12 bits per heavy atom. The maximum Gasteiger partial charge on any atom is 0.261 e. The minimum Gasteiger partial charge on any atom is -0.378 e. The van der Waals surface area contributed by atoms with Crippen LogP contribution in [0.5, 0.6) is 0 Å². The molecule has 1 aliphatic rings. The van der Waals surface area contributed by atoms with Gasteiger partial charge in [-0.05, 0) is 42.8 Å². The molecule has 1 aromatic carbocycles. The van der Waals surface area contributed by atoms with Crippen molar-refractivity contribution in [2.45, 2.75) is 13.5 Å². The zero-order valence-electron chi connectivity index (χ0n) is 19.8. The summed E-state index contributed by atoms with van der Waals surface area (Å²) in [6.07, 6.45) is 10.1. The molecule has 1 saturated heterocycles. The lowest BCUT2D eigenvalue weighted by atomic mass is 10.0. The van der Waals surface area contributed by atoms with Crippen molar-refractivity contribution < 1.29 is 8.42 Å². The molecule has 0 radical (unpaired) electrons. The highest BCUT2D eigenvalue weighted by molar-refractivity contribution is 7.96. The first-order valence-electron chi connectivity index (χ1n) is 11.3. The maximum absolute atomic E-state index is 13.2. The molecule has 1 fully saturated rings. The van der Waals surface area contributed by atoms with Crippen molar-refractivity contribution in [1.82, 2.24) is 14.9 Å². The molecule has 7 nitrogen and oxygen atoms in total. The van der Waals surface area contributed by atoms with Crippen LogP contribution < -0.4 is 14.9 Å². The molecule has 0 unspecified atom stereocenters. The first-order valence-corrected chi connectivity index (χ1v) is 12.8. The van der Waals surface area contributed by atoms with Gasteiger partial charge in [-0.25, -0.2) is 13.4 Å². The van der Waals surface area contributed by atoms with Crippen LogP contribution in [-0.4, -0.2) is 45.2 Å². The van der Waals surface area contributed by atoms with Gasteiger partial charge in [-0.2, -0.15) is 0 Å². The van der Waals surface area contributed by atoms with E-state index in [0.29, 0.717) is 11.6 Å². The Kier molecular flexibility index (Phi) is 6.90. The lowest BCUT2D eigenvalue weighted by Crippen LogP contribution is -2.44. The lowest BCUT2D eigenvalue weighted by molar-refractivity contribution is 0.310. The number of hydrogen-bond acceptors (Lipinski definition) is 5. The Morgan fingerprint density at radius 3 is 2.76 bits per heavy atom. The highest BCUT2D eigenvalue weighted by atomic mass is 32.2. The van der Waals surface area contributed by atoms with Crippen LogP contribution in [0, 0.1) is 5.92 Å². The van der Waals surface area contributed by atoms with Crippen molar-refractivity contribution in [3.05, 3.63) is 78.5 Å². The number of hydrogen-bond donors (Lipinski definition) is 2. The number of anilines is 2. The fourth-order valence-corrected chi connectivity index (χ4v) is 5.08. The second kappa shape index (κ2) is 9.87. The SMILES string of the molecule is C=C/C(=C\C=C/C)S(=O)(=O)Nc1ccnc2c1c(-c1cccc(N(C)C)c1)cn2CC1CNC1. The van der Waals surface area contributed by atoms with Crippen LogP contribution in [-0.2, 0) is 16.6 Å². The molecule has 3 heterocycles. The van der Waals surface area contributed by atoms with E-state index in [-0.39, 0.29) is 4.91 Å². The van der Waals surface area contributed by atoms with Gasteiger partial charge in [0.15, 0.2) is 0 Å². The summed E-state index contributed by atoms with van der Waals surface area (Å²) in [5.41, 5.74) is 4.26. The zero-order valence-corrected chi connectivity index (χ0v) is 20.6. The number of rotatable bonds is 9. The van der Waals surface area contributed by atoms with Crippen LogP contribution in [0.15, 0.2) is 78.5 Å². The summed E-state index contributed by atoms with van der Waals surface area (Å²) in [5, 5.41) is 4.10. The standard InChI is InChI=1S/C26H31N5O2S/c1-5-7-11-22(6-2)34(32,33)29-24-12-13-28-26-25(24)23(18-31(26)17-19-15-27-16-19)20-9-8-10-21(14-20)30(3)4/h5-14,18-19,27H,2,15-17H2,1,3-4H3,(H,28,29)/b7-5-,22-11+. The normalized spacial score (nSPS) is 15.0. The smallest absolute Gasteiger partial charge is 0.261 e. The molecule has 0 bridgehead atoms. The maximum atomic E-state index is 13.2. The van der Waals surface area contributed by atoms with E-state index in [0.717, 1.165) is 47.5 Å². The third-order valence-corrected chi connectivity index (χ3v) is 7.37. The van der Waals surface area contributed by atoms with Gasteiger partial charge in [0, 0.05) is 63.3 Å². The largest absolute Gasteiger partial charge is 0.378 e. The molecule has 1 aliphatic heterocycles. The Morgan fingerprint density at radius 1 is 1.32 bits per heavy atom. The first-order chi connectivity index (χ1) is 16.3. The number of sulfonamides is 1. The van der Waals surface area contributed by atoms with E-state index in [1.807, 2.05) is 44.1 Å². The quantitative estimate of drug-likeness (QED) is 0.447. The molecule has 0 atom stereocenters. The van der Waals surface area contributed by atoms with Gasteiger partial charge < -0.3 is 14.8 Å². The molecule has 0 aliphatic carbocycles. The minimum absolute atomic E-state index is 0.103. The van der Waals surface area contributed by atoms with Crippen molar-refractivity contribution in [3.8, 4) is 11.1 Å². The van der Waals surface area contributed by atoms with Gasteiger partial charge in [-0.1, -0.05) is 30.9 Å². The highest BCUT2D eigenvalue weighted by Gasteiger charge is 2.23. The van der Waals surface area contributed by atoms with Crippen molar-refractivity contribution >= 4 is 32.4 Å². The van der Waals surface area contributed by atoms with E-state index in [1.54, 1.807) is 24.4 Å². The predicted molar refractivity (Wildman–Crippen MR) is 141 cm³/mol. The molecule has 34 heavy (non-hydrogen) atoms. The van der Waals surface area contributed by atoms with Crippen molar-refractivity contribution in [2.75, 3.05) is 36.8 Å². The fraction of sp³-hybridized carbons (Fsp3) is 0.269. The molecule has 3 aromatic rings. The Bertz CT molecular complexity index is 1370. The van der Waals surface area contributed by atoms with Gasteiger partial charge in [0.1, 0.15) is 5.65 Å². The first kappa shape index (κ1) is 23.8. The predicted octanol–water partition coefficient (Wildman–Crippen LogP) is 4.38. The van der Waals surface area contributed by atoms with E-state index in [2.05, 4.69) is 38.4 Å². The van der Waals surface area contributed by atoms with Gasteiger partial charge in [-0.3, -0.25) is 4.72 Å². The molecule has 4 rings (SSSR count). The van der Waals surface area contributed by atoms with Gasteiger partial charge >= 0.3 is 0 Å². The van der Waals surface area contributed by atoms with Crippen molar-refractivity contribution in [1.29, 1.82) is 0 Å². The van der Waals surface area contributed by atoms with E-state index in [9.17, 15) is 8.42 Å². The number of nitrogens with one attached hydrogen (secondary N) is 2. The van der Waals surface area contributed by atoms with Crippen LogP contribution in [0.4, 0.5) is 11.4 Å². The second-order valence-electron chi connectivity index (χ2n) is 8.63. The molecule has 178 valence electrons. The fourth-order valence-electron chi connectivity index (χ4n) is 4.03. The third-order valence-electron chi connectivity index (χ3n) is 5.96. The van der Waals surface area contributed by atoms with E-state index < -0.39 is 10.0 Å². The third kappa shape index (κ3) is 4.78. The van der Waals surface area contributed by atoms with Gasteiger partial charge in [-0.15, -0.1) is 0 Å². The number of benzene rings is 1. The molecule has 2 aromatic heterocycles. The molecule has 0 saturated carbocycles. The summed E-state index contributed by atoms with van der Waals surface area (Å²) >= 11 is 0. The highest BCUT2D eigenvalue weighted by Crippen LogP contribution is 2.37. The molecular formula is C26H31N5O2S. The number of allylic oxidation sites excluding steroid dienone is 4. The number of aromatic nitrogens is 2. The van der Waals surface area contributed by atoms with Crippen LogP contribution in [0.25, 0.3) is 22.2 Å². The number of pyridine rings is 1. The zero-order chi connectivity index (χ0) is 24.3. The van der Waals surface area contributed by atoms with Gasteiger partial charge in [0.25, 0.3) is 10.0 Å². The van der Waals surface area contributed by atoms with Crippen molar-refractivity contribution in [2.24, 2.45) is 5.92 Å². The summed E-state index contributed by atoms with van der Waals surface area (Å²) < 4.78 is 31.3. The van der Waals surface area contributed by atoms with Gasteiger partial charge in [0.2, 0.25) is 0 Å². The monoisotopic (exact) mass is 477 g/mol. The topological polar surface area (TPSA) is 79.3 Å². The Balaban J connectivity index is 1.88. The molecule has 0 amide bonds. The van der Waals surface area contributed by atoms with Crippen LogP contribution in [0.2, 0.25) is 0 Å². The summed E-state index contributed by atoms with van der Waals surface area (Å²) in [7, 11) is 0.171. The Hall–Kier alpha value is -3.36. The Labute approximate surface area is 201 Å². The van der Waals surface area contributed by atoms with Gasteiger partial charge in [0.05, 0.1) is 16.0 Å². The average molecular weight is 478 g/mol. The summed E-state index contributed by atoms with van der Waals surface area (Å²) in [4.78, 5) is 6.80. The minimum atomic E-state index is -3.83. The van der Waals surface area contributed by atoms with Crippen LogP contribution >= 0.6 is 0 Å². The molecule has 8 heteroatoms. The molecular weight excluding hydrogens is 446 g/mol. The number of nitrogens with zero attached hydrogens (tertiary/aromatic N) is 3. The van der Waals surface area contributed by atoms with Crippen LogP contribution in [0.1, 0.15) is 6.92 Å². The second-order valence-corrected chi connectivity index (χ2v) is 10.3. The lowest BCUT2D eigenvalue weighted by Gasteiger charge is -2.27. The van der Waals surface area contributed by atoms with Crippen molar-refractivity contribution in [3.63, 3.8) is 0 Å². The molecule has 0 spiro atoms. The number of fused-ring (bicyclic) bond motifs is 1. The summed E-state index contributed by atoms with van der Waals surface area (Å²) in [5.74, 6) is 0.523. The van der Waals surface area contributed by atoms with E-state index >= 15 is 0 Å². The summed E-state index contributed by atoms with van der Waals surface area (Å²) in [6, 6.07) is 9.93. The summed E-state index contributed by atoms with van der Waals surface area (Å²) in [6.45, 7) is 8.27. The van der Waals surface area contributed by atoms with Crippen LogP contribution in [0.3, 0.4) is 0 Å². The van der Waals surface area contributed by atoms with E-state index in [4.69, 9.17) is 0 Å². The average Bonchev–Trinajstić information content (AvgIpc) is 3.16. The van der Waals surface area contributed by atoms with E-state index in [1.165, 1.54) is 12.2 Å².